The summed E-state index contributed by atoms with van der Waals surface area (Å²) in [5.41, 5.74) is 5.48. The second-order valence-electron chi connectivity index (χ2n) is 5.16. The van der Waals surface area contributed by atoms with Gasteiger partial charge in [-0.3, -0.25) is 14.3 Å². The molecule has 0 aliphatic heterocycles. The molecule has 1 unspecified atom stereocenters. The Morgan fingerprint density at radius 1 is 1.39 bits per heavy atom. The van der Waals surface area contributed by atoms with Crippen LogP contribution in [-0.4, -0.2) is 28.3 Å². The maximum Gasteiger partial charge on any atom is 0.330 e. The number of nitrogen functional groups attached to an aromatic ring is 1. The van der Waals surface area contributed by atoms with Gasteiger partial charge in [-0.25, -0.2) is 4.79 Å². The van der Waals surface area contributed by atoms with Crippen molar-refractivity contribution in [3.8, 4) is 0 Å². The molecule has 0 fully saturated rings. The number of H-pyrrole nitrogens is 1. The molecule has 8 heteroatoms. The van der Waals surface area contributed by atoms with Crippen LogP contribution in [0.15, 0.2) is 33.9 Å². The van der Waals surface area contributed by atoms with E-state index >= 15 is 0 Å². The molecule has 0 bridgehead atoms. The average molecular weight is 339 g/mol. The van der Waals surface area contributed by atoms with Crippen LogP contribution < -0.4 is 21.9 Å². The van der Waals surface area contributed by atoms with Crippen LogP contribution in [0.25, 0.3) is 0 Å². The molecule has 1 atom stereocenters. The van der Waals surface area contributed by atoms with Gasteiger partial charge in [0.25, 0.3) is 5.56 Å². The molecule has 23 heavy (non-hydrogen) atoms. The van der Waals surface area contributed by atoms with E-state index in [2.05, 4.69) is 4.98 Å². The lowest BCUT2D eigenvalue weighted by Crippen LogP contribution is -2.38. The van der Waals surface area contributed by atoms with Gasteiger partial charge in [0.1, 0.15) is 11.5 Å². The van der Waals surface area contributed by atoms with Crippen LogP contribution in [0.1, 0.15) is 18.6 Å². The van der Waals surface area contributed by atoms with E-state index in [9.17, 15) is 14.7 Å². The third kappa shape index (κ3) is 3.40. The lowest BCUT2D eigenvalue weighted by molar-refractivity contribution is 0.185. The lowest BCUT2D eigenvalue weighted by atomic mass is 10.1. The first-order chi connectivity index (χ1) is 10.9. The Labute approximate surface area is 137 Å². The third-order valence-corrected chi connectivity index (χ3v) is 3.97. The number of likely N-dealkylation sites (N-methyl/N-ethyl adjacent to an activating group) is 1. The fourth-order valence-corrected chi connectivity index (χ4v) is 2.72. The van der Waals surface area contributed by atoms with Gasteiger partial charge in [0, 0.05) is 30.7 Å². The largest absolute Gasteiger partial charge is 0.387 e. The van der Waals surface area contributed by atoms with Gasteiger partial charge in [-0.2, -0.15) is 0 Å². The minimum atomic E-state index is -0.908. The van der Waals surface area contributed by atoms with Gasteiger partial charge in [-0.15, -0.1) is 0 Å². The highest BCUT2D eigenvalue weighted by Crippen LogP contribution is 2.25. The number of hydrogen-bond donors (Lipinski definition) is 3. The van der Waals surface area contributed by atoms with E-state index in [-0.39, 0.29) is 18.1 Å². The van der Waals surface area contributed by atoms with E-state index in [1.54, 1.807) is 38.2 Å². The number of hydrogen-bond acceptors (Lipinski definition) is 5. The van der Waals surface area contributed by atoms with Crippen molar-refractivity contribution in [3.63, 3.8) is 0 Å². The molecule has 0 aliphatic rings. The van der Waals surface area contributed by atoms with E-state index in [1.165, 1.54) is 9.47 Å². The van der Waals surface area contributed by atoms with Gasteiger partial charge in [0.15, 0.2) is 0 Å². The number of anilines is 2. The normalized spacial score (nSPS) is 12.2. The predicted octanol–water partition coefficient (Wildman–Crippen LogP) is 0.962. The summed E-state index contributed by atoms with van der Waals surface area (Å²) in [7, 11) is 1.62. The van der Waals surface area contributed by atoms with Crippen LogP contribution in [0.4, 0.5) is 11.5 Å². The van der Waals surface area contributed by atoms with Crippen LogP contribution in [-0.2, 0) is 6.54 Å². The summed E-state index contributed by atoms with van der Waals surface area (Å²) in [5, 5.41) is 10.8. The van der Waals surface area contributed by atoms with Crippen molar-refractivity contribution in [2.45, 2.75) is 19.6 Å². The summed E-state index contributed by atoms with van der Waals surface area (Å²) in [6, 6.07) is 6.92. The molecule has 0 aliphatic carbocycles. The van der Waals surface area contributed by atoms with Crippen molar-refractivity contribution in [2.75, 3.05) is 24.2 Å². The molecular formula is C15H19ClN4O3. The van der Waals surface area contributed by atoms with Crippen LogP contribution in [0, 0.1) is 0 Å². The maximum absolute atomic E-state index is 12.1. The topological polar surface area (TPSA) is 104 Å². The summed E-state index contributed by atoms with van der Waals surface area (Å²) in [6.07, 6.45) is -0.908. The first kappa shape index (κ1) is 17.1. The SMILES string of the molecule is CCn1c(N)c(N(C)CC(O)c2ccccc2Cl)c(=O)[nH]c1=O. The number of nitrogens with two attached hydrogens (primary N) is 1. The summed E-state index contributed by atoms with van der Waals surface area (Å²) in [5.74, 6) is 0.0649. The first-order valence-corrected chi connectivity index (χ1v) is 7.50. The van der Waals surface area contributed by atoms with Gasteiger partial charge in [-0.05, 0) is 13.0 Å². The van der Waals surface area contributed by atoms with Gasteiger partial charge in [-0.1, -0.05) is 29.8 Å². The van der Waals surface area contributed by atoms with Gasteiger partial charge < -0.3 is 15.7 Å². The van der Waals surface area contributed by atoms with E-state index in [0.29, 0.717) is 17.1 Å². The fraction of sp³-hybridized carbons (Fsp3) is 0.333. The Hall–Kier alpha value is -2.25. The van der Waals surface area contributed by atoms with E-state index in [0.717, 1.165) is 0 Å². The summed E-state index contributed by atoms with van der Waals surface area (Å²) in [6.45, 7) is 2.17. The van der Waals surface area contributed by atoms with Crippen molar-refractivity contribution in [3.05, 3.63) is 55.7 Å². The van der Waals surface area contributed by atoms with Crippen molar-refractivity contribution >= 4 is 23.1 Å². The monoisotopic (exact) mass is 338 g/mol. The second kappa shape index (κ2) is 6.89. The second-order valence-corrected chi connectivity index (χ2v) is 5.56. The smallest absolute Gasteiger partial charge is 0.330 e. The van der Waals surface area contributed by atoms with E-state index < -0.39 is 17.4 Å². The fourth-order valence-electron chi connectivity index (χ4n) is 2.45. The minimum Gasteiger partial charge on any atom is -0.387 e. The Morgan fingerprint density at radius 3 is 2.65 bits per heavy atom. The molecule has 124 valence electrons. The van der Waals surface area contributed by atoms with Crippen molar-refractivity contribution in [1.82, 2.24) is 9.55 Å². The molecule has 2 aromatic rings. The Kier molecular flexibility index (Phi) is 5.12. The number of halogens is 1. The maximum atomic E-state index is 12.1. The molecule has 1 heterocycles. The zero-order chi connectivity index (χ0) is 17.1. The van der Waals surface area contributed by atoms with E-state index in [1.807, 2.05) is 0 Å². The van der Waals surface area contributed by atoms with Crippen molar-refractivity contribution < 1.29 is 5.11 Å². The Bertz CT molecular complexity index is 815. The zero-order valence-corrected chi connectivity index (χ0v) is 13.7. The molecule has 0 saturated carbocycles. The predicted molar refractivity (Wildman–Crippen MR) is 91.1 cm³/mol. The molecular weight excluding hydrogens is 320 g/mol. The molecule has 0 radical (unpaired) electrons. The Morgan fingerprint density at radius 2 is 2.04 bits per heavy atom. The Balaban J connectivity index is 2.35. The molecule has 2 rings (SSSR count). The lowest BCUT2D eigenvalue weighted by Gasteiger charge is -2.24. The van der Waals surface area contributed by atoms with Crippen molar-refractivity contribution in [1.29, 1.82) is 0 Å². The summed E-state index contributed by atoms with van der Waals surface area (Å²) >= 11 is 6.06. The number of aromatic nitrogens is 2. The minimum absolute atomic E-state index is 0.0649. The average Bonchev–Trinajstić information content (AvgIpc) is 2.47. The van der Waals surface area contributed by atoms with Crippen LogP contribution in [0.2, 0.25) is 5.02 Å². The number of benzene rings is 1. The number of nitrogens with one attached hydrogen (secondary N) is 1. The first-order valence-electron chi connectivity index (χ1n) is 7.13. The van der Waals surface area contributed by atoms with Crippen LogP contribution in [0.3, 0.4) is 0 Å². The molecule has 1 aromatic carbocycles. The number of rotatable bonds is 5. The molecule has 7 nitrogen and oxygen atoms in total. The molecule has 0 saturated heterocycles. The van der Waals surface area contributed by atoms with Crippen LogP contribution in [0.5, 0.6) is 0 Å². The quantitative estimate of drug-likeness (QED) is 0.753. The summed E-state index contributed by atoms with van der Waals surface area (Å²) in [4.78, 5) is 27.5. The van der Waals surface area contributed by atoms with Gasteiger partial charge in [0.2, 0.25) is 0 Å². The van der Waals surface area contributed by atoms with Gasteiger partial charge >= 0.3 is 5.69 Å². The molecule has 1 aromatic heterocycles. The highest BCUT2D eigenvalue weighted by Gasteiger charge is 2.19. The highest BCUT2D eigenvalue weighted by molar-refractivity contribution is 6.31. The van der Waals surface area contributed by atoms with Crippen molar-refractivity contribution in [2.24, 2.45) is 0 Å². The highest BCUT2D eigenvalue weighted by atomic mass is 35.5. The molecule has 0 spiro atoms. The number of nitrogens with zero attached hydrogens (tertiary/aromatic N) is 2. The van der Waals surface area contributed by atoms with E-state index in [4.69, 9.17) is 17.3 Å². The van der Waals surface area contributed by atoms with Gasteiger partial charge in [0.05, 0.1) is 6.10 Å². The third-order valence-electron chi connectivity index (χ3n) is 3.62. The number of aromatic amines is 1. The molecule has 0 amide bonds. The number of aliphatic hydroxyl groups excluding tert-OH is 1. The standard InChI is InChI=1S/C15H19ClN4O3/c1-3-20-13(17)12(14(22)18-15(20)23)19(2)8-11(21)9-6-4-5-7-10(9)16/h4-7,11,21H,3,8,17H2,1-2H3,(H,18,22,23). The zero-order valence-electron chi connectivity index (χ0n) is 12.9. The number of aliphatic hydroxyl groups is 1. The van der Waals surface area contributed by atoms with Crippen LogP contribution >= 0.6 is 11.6 Å². The summed E-state index contributed by atoms with van der Waals surface area (Å²) < 4.78 is 1.26. The molecule has 4 N–H and O–H groups in total.